The van der Waals surface area contributed by atoms with Crippen LogP contribution in [0.3, 0.4) is 0 Å². The molecule has 2 aromatic rings. The highest BCUT2D eigenvalue weighted by Gasteiger charge is 2.13. The number of rotatable bonds is 7. The van der Waals surface area contributed by atoms with Crippen molar-refractivity contribution >= 4 is 6.03 Å². The summed E-state index contributed by atoms with van der Waals surface area (Å²) in [4.78, 5) is 18.2. The van der Waals surface area contributed by atoms with E-state index in [0.717, 1.165) is 19.5 Å². The average molecular weight is 300 g/mol. The first kappa shape index (κ1) is 16.1. The van der Waals surface area contributed by atoms with E-state index >= 15 is 0 Å². The Balaban J connectivity index is 1.96. The van der Waals surface area contributed by atoms with Crippen LogP contribution in [0.15, 0.2) is 43.0 Å². The minimum Gasteiger partial charge on any atom is -0.338 e. The van der Waals surface area contributed by atoms with Crippen molar-refractivity contribution in [1.29, 1.82) is 0 Å². The largest absolute Gasteiger partial charge is 0.338 e. The lowest BCUT2D eigenvalue weighted by atomic mass is 10.1. The number of imidazole rings is 1. The Bertz CT molecular complexity index is 580. The maximum absolute atomic E-state index is 12.2. The lowest BCUT2D eigenvalue weighted by Gasteiger charge is -2.24. The third-order valence-corrected chi connectivity index (χ3v) is 3.64. The van der Waals surface area contributed by atoms with Crippen LogP contribution in [0.2, 0.25) is 0 Å². The smallest absolute Gasteiger partial charge is 0.317 e. The van der Waals surface area contributed by atoms with Gasteiger partial charge in [0.05, 0.1) is 6.33 Å². The van der Waals surface area contributed by atoms with E-state index in [0.29, 0.717) is 13.1 Å². The molecular weight excluding hydrogens is 276 g/mol. The fourth-order valence-electron chi connectivity index (χ4n) is 2.37. The van der Waals surface area contributed by atoms with Crippen LogP contribution in [-0.2, 0) is 13.1 Å². The lowest BCUT2D eigenvalue weighted by molar-refractivity contribution is 0.194. The van der Waals surface area contributed by atoms with Crippen LogP contribution >= 0.6 is 0 Å². The van der Waals surface area contributed by atoms with Crippen molar-refractivity contribution in [2.24, 2.45) is 0 Å². The second kappa shape index (κ2) is 8.22. The van der Waals surface area contributed by atoms with Crippen LogP contribution in [0.25, 0.3) is 0 Å². The van der Waals surface area contributed by atoms with Gasteiger partial charge in [-0.2, -0.15) is 0 Å². The third kappa shape index (κ3) is 4.62. The summed E-state index contributed by atoms with van der Waals surface area (Å²) >= 11 is 0. The molecule has 0 fully saturated rings. The first-order valence-corrected chi connectivity index (χ1v) is 7.73. The van der Waals surface area contributed by atoms with E-state index in [9.17, 15) is 4.79 Å². The van der Waals surface area contributed by atoms with Crippen molar-refractivity contribution in [3.8, 4) is 0 Å². The number of aromatic nitrogens is 2. The molecule has 0 aliphatic rings. The number of urea groups is 1. The molecule has 0 aliphatic carbocycles. The molecule has 0 radical (unpaired) electrons. The van der Waals surface area contributed by atoms with Gasteiger partial charge in [-0.25, -0.2) is 9.78 Å². The van der Waals surface area contributed by atoms with Gasteiger partial charge in [0.25, 0.3) is 0 Å². The van der Waals surface area contributed by atoms with Crippen LogP contribution in [0.1, 0.15) is 24.5 Å². The molecule has 1 heterocycles. The molecule has 0 aliphatic heterocycles. The highest BCUT2D eigenvalue weighted by Crippen LogP contribution is 2.11. The normalized spacial score (nSPS) is 10.5. The molecule has 5 heteroatoms. The van der Waals surface area contributed by atoms with Crippen molar-refractivity contribution in [3.05, 3.63) is 54.1 Å². The summed E-state index contributed by atoms with van der Waals surface area (Å²) in [5.41, 5.74) is 2.41. The Morgan fingerprint density at radius 1 is 1.36 bits per heavy atom. The number of aryl methyl sites for hydroxylation is 2. The Hall–Kier alpha value is -2.30. The molecule has 1 N–H and O–H groups in total. The molecule has 1 aromatic carbocycles. The van der Waals surface area contributed by atoms with Gasteiger partial charge in [-0.15, -0.1) is 0 Å². The molecule has 0 saturated heterocycles. The molecule has 0 bridgehead atoms. The minimum absolute atomic E-state index is 0.00335. The average Bonchev–Trinajstić information content (AvgIpc) is 3.02. The van der Waals surface area contributed by atoms with E-state index in [-0.39, 0.29) is 6.03 Å². The number of amides is 2. The highest BCUT2D eigenvalue weighted by molar-refractivity contribution is 5.74. The number of carbonyl (C=O) groups is 1. The number of carbonyl (C=O) groups excluding carboxylic acids is 1. The SMILES string of the molecule is CCNC(=O)N(CCCn1ccnc1)Cc1ccccc1C. The number of nitrogens with one attached hydrogen (secondary N) is 1. The quantitative estimate of drug-likeness (QED) is 0.855. The highest BCUT2D eigenvalue weighted by atomic mass is 16.2. The third-order valence-electron chi connectivity index (χ3n) is 3.64. The fourth-order valence-corrected chi connectivity index (χ4v) is 2.37. The molecule has 0 atom stereocenters. The zero-order valence-corrected chi connectivity index (χ0v) is 13.3. The van der Waals surface area contributed by atoms with Crippen LogP contribution in [0, 0.1) is 6.92 Å². The number of hydrogen-bond acceptors (Lipinski definition) is 2. The number of hydrogen-bond donors (Lipinski definition) is 1. The predicted molar refractivity (Wildman–Crippen MR) is 87.5 cm³/mol. The molecule has 2 rings (SSSR count). The van der Waals surface area contributed by atoms with Crippen LogP contribution < -0.4 is 5.32 Å². The van der Waals surface area contributed by atoms with Crippen molar-refractivity contribution in [3.63, 3.8) is 0 Å². The molecule has 0 spiro atoms. The topological polar surface area (TPSA) is 50.2 Å². The Morgan fingerprint density at radius 2 is 2.18 bits per heavy atom. The summed E-state index contributed by atoms with van der Waals surface area (Å²) in [5.74, 6) is 0. The van der Waals surface area contributed by atoms with Gasteiger partial charge < -0.3 is 14.8 Å². The molecule has 1 aromatic heterocycles. The summed E-state index contributed by atoms with van der Waals surface area (Å²) < 4.78 is 2.03. The van der Waals surface area contributed by atoms with E-state index < -0.39 is 0 Å². The van der Waals surface area contributed by atoms with E-state index in [4.69, 9.17) is 0 Å². The Kier molecular flexibility index (Phi) is 6.01. The fraction of sp³-hybridized carbons (Fsp3) is 0.412. The van der Waals surface area contributed by atoms with Gasteiger partial charge >= 0.3 is 6.03 Å². The van der Waals surface area contributed by atoms with Crippen LogP contribution in [0.5, 0.6) is 0 Å². The Morgan fingerprint density at radius 3 is 2.86 bits per heavy atom. The summed E-state index contributed by atoms with van der Waals surface area (Å²) in [6, 6.07) is 8.20. The summed E-state index contributed by atoms with van der Waals surface area (Å²) in [7, 11) is 0. The Labute approximate surface area is 132 Å². The van der Waals surface area contributed by atoms with E-state index in [1.165, 1.54) is 11.1 Å². The summed E-state index contributed by atoms with van der Waals surface area (Å²) in [6.45, 7) is 6.89. The van der Waals surface area contributed by atoms with E-state index in [2.05, 4.69) is 29.4 Å². The van der Waals surface area contributed by atoms with Gasteiger partial charge in [0.1, 0.15) is 0 Å². The molecule has 0 unspecified atom stereocenters. The summed E-state index contributed by atoms with van der Waals surface area (Å²) in [6.07, 6.45) is 6.42. The monoisotopic (exact) mass is 300 g/mol. The number of benzene rings is 1. The molecule has 22 heavy (non-hydrogen) atoms. The van der Waals surface area contributed by atoms with E-state index in [1.807, 2.05) is 34.7 Å². The number of nitrogens with zero attached hydrogens (tertiary/aromatic N) is 3. The zero-order valence-electron chi connectivity index (χ0n) is 13.3. The molecule has 5 nitrogen and oxygen atoms in total. The van der Waals surface area contributed by atoms with Gasteiger partial charge in [-0.3, -0.25) is 0 Å². The molecule has 0 saturated carbocycles. The van der Waals surface area contributed by atoms with Gasteiger partial charge in [0, 0.05) is 38.6 Å². The first-order valence-electron chi connectivity index (χ1n) is 7.73. The first-order chi connectivity index (χ1) is 10.7. The lowest BCUT2D eigenvalue weighted by Crippen LogP contribution is -2.40. The van der Waals surface area contributed by atoms with Crippen molar-refractivity contribution < 1.29 is 4.79 Å². The van der Waals surface area contributed by atoms with Gasteiger partial charge in [-0.1, -0.05) is 24.3 Å². The predicted octanol–water partition coefficient (Wildman–Crippen LogP) is 2.81. The van der Waals surface area contributed by atoms with Gasteiger partial charge in [0.2, 0.25) is 0 Å². The van der Waals surface area contributed by atoms with Crippen molar-refractivity contribution in [2.75, 3.05) is 13.1 Å². The summed E-state index contributed by atoms with van der Waals surface area (Å²) in [5, 5.41) is 2.90. The van der Waals surface area contributed by atoms with E-state index in [1.54, 1.807) is 12.5 Å². The zero-order chi connectivity index (χ0) is 15.8. The van der Waals surface area contributed by atoms with Crippen LogP contribution in [0.4, 0.5) is 4.79 Å². The standard InChI is InChI=1S/C17H24N4O/c1-3-19-17(22)21(11-6-10-20-12-9-18-14-20)13-16-8-5-4-7-15(16)2/h4-5,7-9,12,14H,3,6,10-11,13H2,1-2H3,(H,19,22). The maximum Gasteiger partial charge on any atom is 0.317 e. The minimum atomic E-state index is -0.00335. The van der Waals surface area contributed by atoms with Gasteiger partial charge in [-0.05, 0) is 31.4 Å². The second-order valence-corrected chi connectivity index (χ2v) is 5.34. The molecule has 118 valence electrons. The molecular formula is C17H24N4O. The maximum atomic E-state index is 12.2. The second-order valence-electron chi connectivity index (χ2n) is 5.34. The van der Waals surface area contributed by atoms with Gasteiger partial charge in [0.15, 0.2) is 0 Å². The molecule has 2 amide bonds. The van der Waals surface area contributed by atoms with Crippen molar-refractivity contribution in [1.82, 2.24) is 19.8 Å². The van der Waals surface area contributed by atoms with Crippen molar-refractivity contribution in [2.45, 2.75) is 33.4 Å². The van der Waals surface area contributed by atoms with Crippen LogP contribution in [-0.4, -0.2) is 33.6 Å².